The maximum Gasteiger partial charge on any atom is 0.265 e. The van der Waals surface area contributed by atoms with Crippen molar-refractivity contribution in [1.29, 1.82) is 0 Å². The molecule has 1 aliphatic heterocycles. The first kappa shape index (κ1) is 22.5. The van der Waals surface area contributed by atoms with Gasteiger partial charge in [0.15, 0.2) is 0 Å². The van der Waals surface area contributed by atoms with Crippen LogP contribution in [0.1, 0.15) is 68.9 Å². The number of aryl methyl sites for hydroxylation is 1. The largest absolute Gasteiger partial charge is 0.756 e. The second-order valence-corrected chi connectivity index (χ2v) is 8.86. The minimum atomic E-state index is -4.73. The van der Waals surface area contributed by atoms with Crippen LogP contribution in [0.25, 0.3) is 0 Å². The Morgan fingerprint density at radius 2 is 1.85 bits per heavy atom. The maximum atomic E-state index is 10.9. The monoisotopic (exact) mass is 399 g/mol. The fraction of sp³-hybridized carbons (Fsp3) is 0.700. The van der Waals surface area contributed by atoms with Crippen LogP contribution in [0.4, 0.5) is 0 Å². The molecule has 1 fully saturated rings. The molecule has 0 aromatic heterocycles. The third-order valence-electron chi connectivity index (χ3n) is 5.48. The molecule has 0 amide bonds. The van der Waals surface area contributed by atoms with Crippen molar-refractivity contribution < 1.29 is 29.3 Å². The van der Waals surface area contributed by atoms with Gasteiger partial charge in [-0.05, 0) is 24.0 Å². The van der Waals surface area contributed by atoms with Crippen molar-refractivity contribution in [1.82, 2.24) is 0 Å². The van der Waals surface area contributed by atoms with Crippen LogP contribution in [0.2, 0.25) is 0 Å². The molecule has 0 saturated carbocycles. The summed E-state index contributed by atoms with van der Waals surface area (Å²) in [7, 11) is -4.73. The Bertz CT molecular complexity index is 589. The zero-order valence-corrected chi connectivity index (χ0v) is 17.2. The lowest BCUT2D eigenvalue weighted by Crippen LogP contribution is -2.93. The fourth-order valence-corrected chi connectivity index (χ4v) is 4.34. The highest BCUT2D eigenvalue weighted by Gasteiger charge is 2.39. The number of nitrogens with two attached hydrogens (primary N) is 1. The zero-order valence-electron chi connectivity index (χ0n) is 16.3. The summed E-state index contributed by atoms with van der Waals surface area (Å²) in [6.07, 6.45) is 9.55. The third-order valence-corrected chi connectivity index (χ3v) is 5.96. The van der Waals surface area contributed by atoms with Crippen molar-refractivity contribution in [3.63, 3.8) is 0 Å². The Labute approximate surface area is 162 Å². The van der Waals surface area contributed by atoms with E-state index in [1.807, 2.05) is 5.32 Å². The predicted molar refractivity (Wildman–Crippen MR) is 103 cm³/mol. The number of benzene rings is 1. The Morgan fingerprint density at radius 3 is 2.48 bits per heavy atom. The lowest BCUT2D eigenvalue weighted by molar-refractivity contribution is -0.704. The van der Waals surface area contributed by atoms with Gasteiger partial charge in [-0.3, -0.25) is 4.57 Å². The van der Waals surface area contributed by atoms with Crippen LogP contribution in [0.15, 0.2) is 24.3 Å². The number of rotatable bonds is 12. The lowest BCUT2D eigenvalue weighted by atomic mass is 9.90. The summed E-state index contributed by atoms with van der Waals surface area (Å²) < 4.78 is 15.5. The Kier molecular flexibility index (Phi) is 9.43. The van der Waals surface area contributed by atoms with Gasteiger partial charge in [0.2, 0.25) is 0 Å². The van der Waals surface area contributed by atoms with Gasteiger partial charge in [-0.2, -0.15) is 0 Å². The number of phosphoric ester groups is 1. The molecule has 6 nitrogen and oxygen atoms in total. The number of unbranched alkanes of at least 4 members (excludes halogenated alkanes) is 5. The van der Waals surface area contributed by atoms with Crippen molar-refractivity contribution in [3.05, 3.63) is 35.4 Å². The van der Waals surface area contributed by atoms with Crippen LogP contribution in [0, 0.1) is 0 Å². The second kappa shape index (κ2) is 11.3. The summed E-state index contributed by atoms with van der Waals surface area (Å²) in [5.74, 6) is 0.0943. The van der Waals surface area contributed by atoms with Gasteiger partial charge in [-0.1, -0.05) is 63.3 Å². The molecule has 2 rings (SSSR count). The van der Waals surface area contributed by atoms with E-state index in [9.17, 15) is 14.6 Å². The molecule has 27 heavy (non-hydrogen) atoms. The Hall–Kier alpha value is -0.750. The van der Waals surface area contributed by atoms with Crippen molar-refractivity contribution in [2.75, 3.05) is 13.2 Å². The summed E-state index contributed by atoms with van der Waals surface area (Å²) in [5.41, 5.74) is 2.45. The highest BCUT2D eigenvalue weighted by molar-refractivity contribution is 7.44. The van der Waals surface area contributed by atoms with Gasteiger partial charge in [0, 0.05) is 12.3 Å². The van der Waals surface area contributed by atoms with E-state index < -0.39 is 7.82 Å². The topological polar surface area (TPSA) is 106 Å². The summed E-state index contributed by atoms with van der Waals surface area (Å²) in [4.78, 5) is 19.8. The van der Waals surface area contributed by atoms with Crippen molar-refractivity contribution in [2.24, 2.45) is 0 Å². The van der Waals surface area contributed by atoms with Gasteiger partial charge < -0.3 is 24.7 Å². The molecular formula is C20H34NO5P. The molecule has 1 unspecified atom stereocenters. The Morgan fingerprint density at radius 1 is 1.19 bits per heavy atom. The smallest absolute Gasteiger partial charge is 0.265 e. The number of quaternary nitrogens is 1. The maximum absolute atomic E-state index is 10.9. The van der Waals surface area contributed by atoms with Gasteiger partial charge in [-0.25, -0.2) is 0 Å². The summed E-state index contributed by atoms with van der Waals surface area (Å²) in [6.45, 7) is 2.18. The summed E-state index contributed by atoms with van der Waals surface area (Å²) in [5, 5.41) is 11.4. The van der Waals surface area contributed by atoms with Crippen LogP contribution in [-0.4, -0.2) is 35.3 Å². The lowest BCUT2D eigenvalue weighted by Gasteiger charge is -2.21. The van der Waals surface area contributed by atoms with Crippen LogP contribution in [0.3, 0.4) is 0 Å². The fourth-order valence-electron chi connectivity index (χ4n) is 3.97. The molecule has 4 atom stereocenters. The van der Waals surface area contributed by atoms with E-state index in [0.717, 1.165) is 18.4 Å². The number of phosphoric acid groups is 1. The van der Waals surface area contributed by atoms with Crippen LogP contribution < -0.4 is 10.2 Å². The number of aliphatic hydroxyl groups is 1. The molecule has 7 heteroatoms. The average molecular weight is 399 g/mol. The van der Waals surface area contributed by atoms with Crippen LogP contribution in [0.5, 0.6) is 0 Å². The zero-order chi connectivity index (χ0) is 19.7. The molecular weight excluding hydrogens is 365 g/mol. The minimum absolute atomic E-state index is 0.0242. The normalized spacial score (nSPS) is 24.8. The van der Waals surface area contributed by atoms with E-state index >= 15 is 0 Å². The number of hydrogen-bond donors (Lipinski definition) is 3. The van der Waals surface area contributed by atoms with Gasteiger partial charge >= 0.3 is 0 Å². The summed E-state index contributed by atoms with van der Waals surface area (Å²) in [6, 6.07) is 8.39. The van der Waals surface area contributed by atoms with E-state index in [0.29, 0.717) is 0 Å². The molecule has 1 aromatic carbocycles. The van der Waals surface area contributed by atoms with Crippen molar-refractivity contribution in [2.45, 2.75) is 76.3 Å². The minimum Gasteiger partial charge on any atom is -0.756 e. The van der Waals surface area contributed by atoms with Gasteiger partial charge in [-0.15, -0.1) is 0 Å². The van der Waals surface area contributed by atoms with Gasteiger partial charge in [0.05, 0.1) is 6.61 Å². The van der Waals surface area contributed by atoms with Gasteiger partial charge in [0.1, 0.15) is 18.7 Å². The molecule has 1 aliphatic rings. The Balaban J connectivity index is 1.88. The molecule has 1 saturated heterocycles. The van der Waals surface area contributed by atoms with Gasteiger partial charge in [0.25, 0.3) is 7.82 Å². The highest BCUT2D eigenvalue weighted by atomic mass is 31.2. The van der Waals surface area contributed by atoms with Crippen molar-refractivity contribution in [3.8, 4) is 0 Å². The first-order valence-electron chi connectivity index (χ1n) is 10.2. The first-order chi connectivity index (χ1) is 12.9. The molecule has 0 radical (unpaired) electrons. The molecule has 4 N–H and O–H groups in total. The van der Waals surface area contributed by atoms with E-state index in [-0.39, 0.29) is 31.2 Å². The molecule has 1 heterocycles. The standard InChI is InChI=1S/C20H34NO5P/c1-2-3-4-5-6-7-8-16-9-11-17(12-10-16)19-13-18(14-22)21-20(19)15-26-27(23,24)25/h9-12,18-22H,2-8,13-15H2,1H3,(H2,23,24,25)/t18-,19-,20-/m1/s1. The summed E-state index contributed by atoms with van der Waals surface area (Å²) >= 11 is 0. The van der Waals surface area contributed by atoms with E-state index in [2.05, 4.69) is 35.7 Å². The average Bonchev–Trinajstić information content (AvgIpc) is 3.06. The number of hydrogen-bond acceptors (Lipinski definition) is 4. The van der Waals surface area contributed by atoms with E-state index in [1.54, 1.807) is 0 Å². The van der Waals surface area contributed by atoms with Crippen LogP contribution >= 0.6 is 7.82 Å². The van der Waals surface area contributed by atoms with E-state index in [4.69, 9.17) is 4.89 Å². The molecule has 1 aromatic rings. The quantitative estimate of drug-likeness (QED) is 0.367. The SMILES string of the molecule is CCCCCCCCc1ccc([C@H]2C[C@H](CO)[NH2+][C@@H]2COP(=O)([O-])O)cc1. The molecule has 0 aliphatic carbocycles. The predicted octanol–water partition coefficient (Wildman–Crippen LogP) is 1.85. The molecule has 154 valence electrons. The third kappa shape index (κ3) is 8.02. The van der Waals surface area contributed by atoms with E-state index in [1.165, 1.54) is 44.1 Å². The molecule has 0 bridgehead atoms. The molecule has 0 spiro atoms. The second-order valence-electron chi connectivity index (χ2n) is 7.66. The van der Waals surface area contributed by atoms with Crippen molar-refractivity contribution >= 4 is 7.82 Å². The highest BCUT2D eigenvalue weighted by Crippen LogP contribution is 2.33. The van der Waals surface area contributed by atoms with Crippen LogP contribution in [-0.2, 0) is 15.5 Å². The first-order valence-corrected chi connectivity index (χ1v) is 11.7. The number of aliphatic hydroxyl groups excluding tert-OH is 1.